The monoisotopic (exact) mass is 431 g/mol. The zero-order valence-electron chi connectivity index (χ0n) is 18.3. The van der Waals surface area contributed by atoms with Crippen LogP contribution >= 0.6 is 0 Å². The van der Waals surface area contributed by atoms with Gasteiger partial charge in [0.1, 0.15) is 11.7 Å². The van der Waals surface area contributed by atoms with Crippen molar-refractivity contribution in [2.24, 2.45) is 0 Å². The number of aromatic nitrogens is 2. The van der Waals surface area contributed by atoms with Crippen LogP contribution in [0.2, 0.25) is 0 Å². The molecule has 4 heterocycles. The van der Waals surface area contributed by atoms with Crippen molar-refractivity contribution in [2.45, 2.75) is 51.5 Å². The molecule has 0 bridgehead atoms. The van der Waals surface area contributed by atoms with Crippen LogP contribution in [0.25, 0.3) is 0 Å². The van der Waals surface area contributed by atoms with Crippen molar-refractivity contribution in [1.82, 2.24) is 19.8 Å². The molecule has 170 valence electrons. The third kappa shape index (κ3) is 4.84. The third-order valence-electron chi connectivity index (χ3n) is 6.24. The Hall–Kier alpha value is -2.62. The summed E-state index contributed by atoms with van der Waals surface area (Å²) in [5.74, 6) is 0.709. The Labute approximate surface area is 183 Å². The van der Waals surface area contributed by atoms with Crippen molar-refractivity contribution in [1.29, 1.82) is 0 Å². The molecule has 3 aliphatic rings. The van der Waals surface area contributed by atoms with Crippen molar-refractivity contribution in [3.63, 3.8) is 0 Å². The first-order valence-electron chi connectivity index (χ1n) is 11.4. The van der Waals surface area contributed by atoms with Crippen molar-refractivity contribution in [3.8, 4) is 6.01 Å². The molecule has 1 aromatic heterocycles. The molecule has 2 amide bonds. The summed E-state index contributed by atoms with van der Waals surface area (Å²) in [7, 11) is 0. The molecule has 10 heteroatoms. The van der Waals surface area contributed by atoms with E-state index in [1.165, 1.54) is 12.8 Å². The lowest BCUT2D eigenvalue weighted by Gasteiger charge is -2.36. The largest absolute Gasteiger partial charge is 0.463 e. The number of nitrogens with zero attached hydrogens (tertiary/aromatic N) is 5. The highest BCUT2D eigenvalue weighted by Crippen LogP contribution is 2.36. The molecule has 3 aliphatic heterocycles. The fourth-order valence-electron chi connectivity index (χ4n) is 4.46. The Morgan fingerprint density at radius 2 is 2.00 bits per heavy atom. The highest BCUT2D eigenvalue weighted by molar-refractivity contribution is 6.05. The maximum atomic E-state index is 12.9. The molecule has 3 N–H and O–H groups in total. The van der Waals surface area contributed by atoms with Gasteiger partial charge in [0.05, 0.1) is 13.2 Å². The summed E-state index contributed by atoms with van der Waals surface area (Å²) in [6, 6.07) is -0.272. The summed E-state index contributed by atoms with van der Waals surface area (Å²) < 4.78 is 5.66. The van der Waals surface area contributed by atoms with E-state index in [2.05, 4.69) is 27.1 Å². The van der Waals surface area contributed by atoms with E-state index in [1.807, 2.05) is 9.80 Å². The molecule has 0 aliphatic carbocycles. The van der Waals surface area contributed by atoms with Gasteiger partial charge in [0.2, 0.25) is 11.8 Å². The predicted molar refractivity (Wildman–Crippen MR) is 118 cm³/mol. The van der Waals surface area contributed by atoms with Crippen LogP contribution in [0.3, 0.4) is 0 Å². The van der Waals surface area contributed by atoms with Gasteiger partial charge in [-0.05, 0) is 38.8 Å². The van der Waals surface area contributed by atoms with Gasteiger partial charge in [-0.3, -0.25) is 9.59 Å². The van der Waals surface area contributed by atoms with E-state index < -0.39 is 6.04 Å². The van der Waals surface area contributed by atoms with Gasteiger partial charge in [-0.25, -0.2) is 0 Å². The summed E-state index contributed by atoms with van der Waals surface area (Å²) in [5, 5.41) is 2.85. The van der Waals surface area contributed by atoms with Crippen molar-refractivity contribution in [3.05, 3.63) is 0 Å². The van der Waals surface area contributed by atoms with Crippen molar-refractivity contribution in [2.75, 3.05) is 61.8 Å². The Kier molecular flexibility index (Phi) is 6.74. The standard InChI is InChI=1S/C21H33N7O3/c1-2-3-13-31-21-24-18(22)17-19(25-21)28-11-6-10-27(14-15(28)20(30)23-17)16(29)7-12-26-8-4-5-9-26/h15H,2-14H2,1H3,(H,23,30)(H2,22,24,25). The van der Waals surface area contributed by atoms with Crippen LogP contribution in [-0.2, 0) is 9.59 Å². The van der Waals surface area contributed by atoms with Crippen LogP contribution in [0.5, 0.6) is 6.01 Å². The first-order chi connectivity index (χ1) is 15.1. The second kappa shape index (κ2) is 9.67. The number of unbranched alkanes of at least 4 members (excludes halogenated alkanes) is 1. The van der Waals surface area contributed by atoms with Gasteiger partial charge in [-0.1, -0.05) is 13.3 Å². The summed E-state index contributed by atoms with van der Waals surface area (Å²) in [6.45, 7) is 7.14. The summed E-state index contributed by atoms with van der Waals surface area (Å²) in [4.78, 5) is 40.6. The second-order valence-electron chi connectivity index (χ2n) is 8.48. The molecule has 1 atom stereocenters. The number of nitrogens with one attached hydrogen (secondary N) is 1. The highest BCUT2D eigenvalue weighted by atomic mass is 16.5. The molecule has 0 radical (unpaired) electrons. The molecule has 0 aromatic carbocycles. The number of fused-ring (bicyclic) bond motifs is 3. The zero-order valence-corrected chi connectivity index (χ0v) is 18.3. The minimum atomic E-state index is -0.497. The number of carbonyl (C=O) groups excluding carboxylic acids is 2. The van der Waals surface area contributed by atoms with E-state index in [0.29, 0.717) is 44.2 Å². The number of rotatable bonds is 7. The number of nitrogens with two attached hydrogens (primary N) is 1. The topological polar surface area (TPSA) is 117 Å². The van der Waals surface area contributed by atoms with Crippen LogP contribution in [0, 0.1) is 0 Å². The van der Waals surface area contributed by atoms with Gasteiger partial charge in [0.15, 0.2) is 11.6 Å². The molecule has 1 unspecified atom stereocenters. The van der Waals surface area contributed by atoms with Gasteiger partial charge in [0, 0.05) is 26.1 Å². The maximum Gasteiger partial charge on any atom is 0.320 e. The number of amides is 2. The van der Waals surface area contributed by atoms with Crippen LogP contribution in [-0.4, -0.2) is 83.5 Å². The summed E-state index contributed by atoms with van der Waals surface area (Å²) >= 11 is 0. The van der Waals surface area contributed by atoms with Crippen LogP contribution in [0.4, 0.5) is 17.3 Å². The third-order valence-corrected chi connectivity index (χ3v) is 6.24. The molecule has 10 nitrogen and oxygen atoms in total. The van der Waals surface area contributed by atoms with Crippen molar-refractivity contribution < 1.29 is 14.3 Å². The molecule has 4 rings (SSSR count). The van der Waals surface area contributed by atoms with Gasteiger partial charge in [0.25, 0.3) is 0 Å². The quantitative estimate of drug-likeness (QED) is 0.616. The number of anilines is 3. The molecule has 0 spiro atoms. The Morgan fingerprint density at radius 1 is 1.19 bits per heavy atom. The SMILES string of the molecule is CCCCOc1nc(N)c2c(n1)N1CCCN(C(=O)CCN3CCCC3)CC1C(=O)N2. The van der Waals surface area contributed by atoms with Crippen LogP contribution < -0.4 is 20.7 Å². The van der Waals surface area contributed by atoms with E-state index in [4.69, 9.17) is 10.5 Å². The normalized spacial score (nSPS) is 21.3. The fourth-order valence-corrected chi connectivity index (χ4v) is 4.46. The average molecular weight is 432 g/mol. The summed E-state index contributed by atoms with van der Waals surface area (Å²) in [5.41, 5.74) is 6.53. The Bertz CT molecular complexity index is 812. The molecule has 2 saturated heterocycles. The first-order valence-corrected chi connectivity index (χ1v) is 11.4. The Morgan fingerprint density at radius 3 is 2.77 bits per heavy atom. The summed E-state index contributed by atoms with van der Waals surface area (Å²) in [6.07, 6.45) is 5.58. The van der Waals surface area contributed by atoms with Crippen LogP contribution in [0.1, 0.15) is 45.4 Å². The lowest BCUT2D eigenvalue weighted by Crippen LogP contribution is -2.53. The number of carbonyl (C=O) groups is 2. The fraction of sp³-hybridized carbons (Fsp3) is 0.714. The average Bonchev–Trinajstić information content (AvgIpc) is 3.17. The number of nitrogen functional groups attached to an aromatic ring is 1. The smallest absolute Gasteiger partial charge is 0.320 e. The number of hydrogen-bond acceptors (Lipinski definition) is 8. The molecular formula is C21H33N7O3. The van der Waals surface area contributed by atoms with E-state index in [-0.39, 0.29) is 23.6 Å². The molecule has 31 heavy (non-hydrogen) atoms. The van der Waals surface area contributed by atoms with Gasteiger partial charge >= 0.3 is 6.01 Å². The van der Waals surface area contributed by atoms with E-state index in [0.717, 1.165) is 38.9 Å². The molecule has 2 fully saturated rings. The zero-order chi connectivity index (χ0) is 21.8. The molecule has 1 aromatic rings. The van der Waals surface area contributed by atoms with Crippen LogP contribution in [0.15, 0.2) is 0 Å². The first kappa shape index (κ1) is 21.6. The van der Waals surface area contributed by atoms with Gasteiger partial charge in [-0.2, -0.15) is 9.97 Å². The van der Waals surface area contributed by atoms with E-state index in [1.54, 1.807) is 0 Å². The minimum Gasteiger partial charge on any atom is -0.463 e. The van der Waals surface area contributed by atoms with Crippen molar-refractivity contribution >= 4 is 29.1 Å². The Balaban J connectivity index is 1.47. The lowest BCUT2D eigenvalue weighted by atomic mass is 10.1. The predicted octanol–water partition coefficient (Wildman–Crippen LogP) is 1.08. The highest BCUT2D eigenvalue weighted by Gasteiger charge is 2.39. The second-order valence-corrected chi connectivity index (χ2v) is 8.48. The molecular weight excluding hydrogens is 398 g/mol. The number of ether oxygens (including phenoxy) is 1. The molecule has 0 saturated carbocycles. The van der Waals surface area contributed by atoms with Gasteiger partial charge in [-0.15, -0.1) is 0 Å². The van der Waals surface area contributed by atoms with Gasteiger partial charge < -0.3 is 30.5 Å². The number of likely N-dealkylation sites (tertiary alicyclic amines) is 1. The maximum absolute atomic E-state index is 12.9. The number of hydrogen-bond donors (Lipinski definition) is 2. The van der Waals surface area contributed by atoms with E-state index in [9.17, 15) is 9.59 Å². The minimum absolute atomic E-state index is 0.109. The van der Waals surface area contributed by atoms with E-state index >= 15 is 0 Å². The lowest BCUT2D eigenvalue weighted by molar-refractivity contribution is -0.132.